The first-order valence-electron chi connectivity index (χ1n) is 9.80. The van der Waals surface area contributed by atoms with Crippen molar-refractivity contribution < 1.29 is 13.9 Å². The second-order valence-corrected chi connectivity index (χ2v) is 13.1. The van der Waals surface area contributed by atoms with Crippen molar-refractivity contribution in [2.75, 3.05) is 18.6 Å². The van der Waals surface area contributed by atoms with Gasteiger partial charge in [-0.25, -0.2) is 0 Å². The summed E-state index contributed by atoms with van der Waals surface area (Å²) in [6.07, 6.45) is 3.04. The van der Waals surface area contributed by atoms with Crippen LogP contribution >= 0.6 is 22.6 Å². The second kappa shape index (κ2) is 10.9. The third kappa shape index (κ3) is 6.13. The van der Waals surface area contributed by atoms with E-state index in [0.717, 1.165) is 40.8 Å². The second-order valence-electron chi connectivity index (χ2n) is 7.37. The third-order valence-corrected chi connectivity index (χ3v) is 11.0. The van der Waals surface area contributed by atoms with Gasteiger partial charge in [0.25, 0.3) is 0 Å². The Hall–Kier alpha value is -0.273. The van der Waals surface area contributed by atoms with Crippen LogP contribution in [0.3, 0.4) is 0 Å². The molecule has 0 N–H and O–H groups in total. The molecule has 0 saturated carbocycles. The van der Waals surface area contributed by atoms with Crippen molar-refractivity contribution in [3.8, 4) is 11.5 Å². The van der Waals surface area contributed by atoms with Crippen molar-refractivity contribution in [3.05, 3.63) is 23.3 Å². The van der Waals surface area contributed by atoms with E-state index in [1.165, 1.54) is 23.7 Å². The van der Waals surface area contributed by atoms with Crippen molar-refractivity contribution in [2.24, 2.45) is 0 Å². The van der Waals surface area contributed by atoms with Gasteiger partial charge in [0.05, 0.1) is 19.8 Å². The zero-order valence-electron chi connectivity index (χ0n) is 17.7. The molecule has 1 aromatic rings. The number of ether oxygens (including phenoxy) is 2. The number of benzene rings is 1. The van der Waals surface area contributed by atoms with Crippen LogP contribution in [0.1, 0.15) is 51.7 Å². The van der Waals surface area contributed by atoms with E-state index < -0.39 is 8.32 Å². The molecular weight excluding hydrogens is 455 g/mol. The molecule has 0 aromatic heterocycles. The molecule has 0 saturated heterocycles. The van der Waals surface area contributed by atoms with E-state index in [9.17, 15) is 0 Å². The van der Waals surface area contributed by atoms with Crippen molar-refractivity contribution in [2.45, 2.75) is 77.6 Å². The highest BCUT2D eigenvalue weighted by Gasteiger charge is 2.37. The van der Waals surface area contributed by atoms with E-state index in [1.54, 1.807) is 14.2 Å². The van der Waals surface area contributed by atoms with Gasteiger partial charge in [-0.2, -0.15) is 0 Å². The number of alkyl halides is 1. The van der Waals surface area contributed by atoms with E-state index in [-0.39, 0.29) is 5.60 Å². The Kier molecular flexibility index (Phi) is 9.97. The van der Waals surface area contributed by atoms with E-state index in [2.05, 4.69) is 63.3 Å². The minimum atomic E-state index is -1.64. The molecule has 0 unspecified atom stereocenters. The molecule has 0 aliphatic rings. The lowest BCUT2D eigenvalue weighted by molar-refractivity contribution is 0.0640. The van der Waals surface area contributed by atoms with E-state index in [0.29, 0.717) is 0 Å². The summed E-state index contributed by atoms with van der Waals surface area (Å²) in [4.78, 5) is 0. The van der Waals surface area contributed by atoms with Crippen molar-refractivity contribution >= 4 is 30.9 Å². The lowest BCUT2D eigenvalue weighted by Gasteiger charge is -2.40. The van der Waals surface area contributed by atoms with Crippen LogP contribution in [0.2, 0.25) is 18.1 Å². The van der Waals surface area contributed by atoms with Gasteiger partial charge in [-0.05, 0) is 74.5 Å². The average Bonchev–Trinajstić information content (AvgIpc) is 2.64. The maximum Gasteiger partial charge on any atom is 0.192 e. The summed E-state index contributed by atoms with van der Waals surface area (Å²) in [5.74, 6) is 1.88. The van der Waals surface area contributed by atoms with Gasteiger partial charge in [-0.15, -0.1) is 0 Å². The van der Waals surface area contributed by atoms with Crippen molar-refractivity contribution in [3.63, 3.8) is 0 Å². The molecule has 0 amide bonds. The lowest BCUT2D eigenvalue weighted by atomic mass is 9.93. The molecule has 0 aliphatic heterocycles. The van der Waals surface area contributed by atoms with Crippen molar-refractivity contribution in [1.29, 1.82) is 0 Å². The molecule has 1 atom stereocenters. The van der Waals surface area contributed by atoms with Crippen molar-refractivity contribution in [1.82, 2.24) is 0 Å². The molecule has 1 aromatic carbocycles. The predicted molar refractivity (Wildman–Crippen MR) is 123 cm³/mol. The number of aryl methyl sites for hydroxylation is 2. The Balaban J connectivity index is 3.06. The first kappa shape index (κ1) is 23.8. The van der Waals surface area contributed by atoms with Crippen LogP contribution < -0.4 is 9.47 Å². The lowest BCUT2D eigenvalue weighted by Crippen LogP contribution is -2.46. The zero-order chi connectivity index (χ0) is 19.8. The van der Waals surface area contributed by atoms with Crippen LogP contribution in [-0.4, -0.2) is 32.6 Å². The molecular formula is C21H37IO3Si. The first-order valence-corrected chi connectivity index (χ1v) is 13.9. The van der Waals surface area contributed by atoms with Crippen LogP contribution in [0.5, 0.6) is 11.5 Å². The Morgan fingerprint density at radius 3 is 2.08 bits per heavy atom. The summed E-state index contributed by atoms with van der Waals surface area (Å²) in [6.45, 7) is 11.3. The van der Waals surface area contributed by atoms with Crippen LogP contribution in [0.4, 0.5) is 0 Å². The molecule has 26 heavy (non-hydrogen) atoms. The highest BCUT2D eigenvalue weighted by atomic mass is 127. The maximum atomic E-state index is 6.96. The summed E-state index contributed by atoms with van der Waals surface area (Å²) >= 11 is 2.48. The maximum absolute atomic E-state index is 6.96. The third-order valence-electron chi connectivity index (χ3n) is 5.71. The van der Waals surface area contributed by atoms with Gasteiger partial charge in [0.2, 0.25) is 0 Å². The van der Waals surface area contributed by atoms with Gasteiger partial charge < -0.3 is 13.9 Å². The van der Waals surface area contributed by atoms with E-state index >= 15 is 0 Å². The molecule has 0 heterocycles. The molecule has 5 heteroatoms. The fourth-order valence-electron chi connectivity index (χ4n) is 3.72. The van der Waals surface area contributed by atoms with Gasteiger partial charge in [-0.1, -0.05) is 43.4 Å². The highest BCUT2D eigenvalue weighted by molar-refractivity contribution is 14.1. The summed E-state index contributed by atoms with van der Waals surface area (Å²) in [6, 6.07) is 7.72. The Morgan fingerprint density at radius 2 is 1.62 bits per heavy atom. The van der Waals surface area contributed by atoms with Crippen LogP contribution in [-0.2, 0) is 10.8 Å². The van der Waals surface area contributed by atoms with Gasteiger partial charge in [0, 0.05) is 4.43 Å². The summed E-state index contributed by atoms with van der Waals surface area (Å²) < 4.78 is 19.2. The predicted octanol–water partition coefficient (Wildman–Crippen LogP) is 6.55. The Morgan fingerprint density at radius 1 is 1.00 bits per heavy atom. The van der Waals surface area contributed by atoms with Gasteiger partial charge in [-0.3, -0.25) is 0 Å². The average molecular weight is 493 g/mol. The SMILES string of the molecule is CC[Si](CC)(CC)O[C@](C)(CCI)CCc1cc(OC)cc(C)c1OC. The molecule has 0 bridgehead atoms. The highest BCUT2D eigenvalue weighted by Crippen LogP contribution is 2.36. The van der Waals surface area contributed by atoms with E-state index in [4.69, 9.17) is 13.9 Å². The van der Waals surface area contributed by atoms with E-state index in [1.807, 2.05) is 6.07 Å². The van der Waals surface area contributed by atoms with Gasteiger partial charge in [0.1, 0.15) is 11.5 Å². The Bertz CT molecular complexity index is 552. The molecule has 150 valence electrons. The standard InChI is InChI=1S/C21H37IO3Si/c1-8-26(9-2,10-3)25-21(5,13-14-22)12-11-18-16-19(23-6)15-17(4)20(18)24-7/h15-16H,8-14H2,1-7H3/t21-/m0/s1. The zero-order valence-corrected chi connectivity index (χ0v) is 20.9. The molecule has 0 spiro atoms. The first-order chi connectivity index (χ1) is 12.3. The molecule has 1 rings (SSSR count). The topological polar surface area (TPSA) is 27.7 Å². The summed E-state index contributed by atoms with van der Waals surface area (Å²) in [5, 5.41) is 0. The number of hydrogen-bond donors (Lipinski definition) is 0. The quantitative estimate of drug-likeness (QED) is 0.188. The van der Waals surface area contributed by atoms with Crippen LogP contribution in [0.15, 0.2) is 12.1 Å². The minimum Gasteiger partial charge on any atom is -0.497 e. The number of methoxy groups -OCH3 is 2. The monoisotopic (exact) mass is 492 g/mol. The fraction of sp³-hybridized carbons (Fsp3) is 0.714. The molecule has 0 aliphatic carbocycles. The molecule has 3 nitrogen and oxygen atoms in total. The Labute approximate surface area is 175 Å². The normalized spacial score (nSPS) is 14.2. The minimum absolute atomic E-state index is 0.0720. The number of rotatable bonds is 12. The molecule has 0 fully saturated rings. The fourth-order valence-corrected chi connectivity index (χ4v) is 8.05. The number of halogens is 1. The smallest absolute Gasteiger partial charge is 0.192 e. The molecule has 0 radical (unpaired) electrons. The van der Waals surface area contributed by atoms with Gasteiger partial charge >= 0.3 is 0 Å². The summed E-state index contributed by atoms with van der Waals surface area (Å²) in [7, 11) is 1.83. The largest absolute Gasteiger partial charge is 0.497 e. The van der Waals surface area contributed by atoms with Gasteiger partial charge in [0.15, 0.2) is 8.32 Å². The van der Waals surface area contributed by atoms with Crippen LogP contribution in [0.25, 0.3) is 0 Å². The number of hydrogen-bond acceptors (Lipinski definition) is 3. The summed E-state index contributed by atoms with van der Waals surface area (Å²) in [5.41, 5.74) is 2.26. The van der Waals surface area contributed by atoms with Crippen LogP contribution in [0, 0.1) is 6.92 Å².